The molecule has 0 radical (unpaired) electrons. The average Bonchev–Trinajstić information content (AvgIpc) is 2.72. The lowest BCUT2D eigenvalue weighted by molar-refractivity contribution is -0.136. The SMILES string of the molecule is COC(=O)C1=C(C)NC(C)=C(S(=O)(=O)c2ccc(C)cc2)C1c1cccnc1OC. The molecular weight excluding hydrogens is 404 g/mol. The van der Waals surface area contributed by atoms with Crippen LogP contribution in [0, 0.1) is 6.92 Å². The van der Waals surface area contributed by atoms with E-state index in [-0.39, 0.29) is 21.3 Å². The zero-order chi connectivity index (χ0) is 22.1. The van der Waals surface area contributed by atoms with Gasteiger partial charge in [0, 0.05) is 23.2 Å². The summed E-state index contributed by atoms with van der Waals surface area (Å²) in [5.74, 6) is -1.32. The van der Waals surface area contributed by atoms with Gasteiger partial charge in [0.05, 0.1) is 35.5 Å². The van der Waals surface area contributed by atoms with Crippen LogP contribution in [0.25, 0.3) is 0 Å². The monoisotopic (exact) mass is 428 g/mol. The number of aromatic nitrogens is 1. The van der Waals surface area contributed by atoms with Gasteiger partial charge in [-0.05, 0) is 39.0 Å². The lowest BCUT2D eigenvalue weighted by Crippen LogP contribution is -2.32. The Hall–Kier alpha value is -3.13. The zero-order valence-electron chi connectivity index (χ0n) is 17.5. The summed E-state index contributed by atoms with van der Waals surface area (Å²) in [6, 6.07) is 9.98. The van der Waals surface area contributed by atoms with Gasteiger partial charge in [0.25, 0.3) is 0 Å². The van der Waals surface area contributed by atoms with E-state index in [1.165, 1.54) is 14.2 Å². The highest BCUT2D eigenvalue weighted by molar-refractivity contribution is 7.95. The molecule has 1 aromatic carbocycles. The molecule has 1 aromatic heterocycles. The maximum Gasteiger partial charge on any atom is 0.336 e. The largest absolute Gasteiger partial charge is 0.481 e. The van der Waals surface area contributed by atoms with Crippen molar-refractivity contribution in [2.75, 3.05) is 14.2 Å². The van der Waals surface area contributed by atoms with Crippen molar-refractivity contribution in [1.82, 2.24) is 10.3 Å². The number of rotatable bonds is 5. The van der Waals surface area contributed by atoms with E-state index in [4.69, 9.17) is 9.47 Å². The topological polar surface area (TPSA) is 94.6 Å². The molecule has 0 spiro atoms. The molecule has 0 fully saturated rings. The average molecular weight is 429 g/mol. The Morgan fingerprint density at radius 1 is 1.03 bits per heavy atom. The number of pyridine rings is 1. The summed E-state index contributed by atoms with van der Waals surface area (Å²) in [5.41, 5.74) is 2.54. The molecule has 2 aromatic rings. The van der Waals surface area contributed by atoms with Crippen LogP contribution in [0.2, 0.25) is 0 Å². The molecule has 1 unspecified atom stereocenters. The molecule has 1 N–H and O–H groups in total. The second kappa shape index (κ2) is 8.31. The Labute approximate surface area is 176 Å². The van der Waals surface area contributed by atoms with Crippen molar-refractivity contribution in [1.29, 1.82) is 0 Å². The van der Waals surface area contributed by atoms with Crippen molar-refractivity contribution < 1.29 is 22.7 Å². The number of hydrogen-bond acceptors (Lipinski definition) is 7. The van der Waals surface area contributed by atoms with Gasteiger partial charge in [-0.1, -0.05) is 23.8 Å². The van der Waals surface area contributed by atoms with Gasteiger partial charge in [-0.25, -0.2) is 18.2 Å². The fourth-order valence-electron chi connectivity index (χ4n) is 3.65. The van der Waals surface area contributed by atoms with E-state index >= 15 is 0 Å². The van der Waals surface area contributed by atoms with Crippen molar-refractivity contribution in [2.45, 2.75) is 31.6 Å². The minimum atomic E-state index is -3.96. The third-order valence-corrected chi connectivity index (χ3v) is 7.04. The number of esters is 1. The molecule has 2 heterocycles. The summed E-state index contributed by atoms with van der Waals surface area (Å²) in [6.45, 7) is 5.27. The van der Waals surface area contributed by atoms with Crippen molar-refractivity contribution in [2.24, 2.45) is 0 Å². The van der Waals surface area contributed by atoms with Crippen molar-refractivity contribution in [3.05, 3.63) is 75.6 Å². The molecule has 0 bridgehead atoms. The highest BCUT2D eigenvalue weighted by atomic mass is 32.2. The van der Waals surface area contributed by atoms with Crippen LogP contribution in [-0.4, -0.2) is 33.6 Å². The summed E-state index contributed by atoms with van der Waals surface area (Å²) in [6.07, 6.45) is 1.54. The first-order chi connectivity index (χ1) is 14.2. The number of carbonyl (C=O) groups excluding carboxylic acids is 1. The summed E-state index contributed by atoms with van der Waals surface area (Å²) in [7, 11) is -1.24. The molecule has 0 aliphatic carbocycles. The predicted molar refractivity (Wildman–Crippen MR) is 112 cm³/mol. The number of nitrogens with zero attached hydrogens (tertiary/aromatic N) is 1. The van der Waals surface area contributed by atoms with Gasteiger partial charge in [0.15, 0.2) is 0 Å². The van der Waals surface area contributed by atoms with Crippen LogP contribution in [0.4, 0.5) is 0 Å². The standard InChI is InChI=1S/C22H24N2O5S/c1-13-8-10-16(11-9-13)30(26,27)20-15(3)24-14(2)18(22(25)29-5)19(20)17-7-6-12-23-21(17)28-4/h6-12,19,24H,1-5H3. The maximum absolute atomic E-state index is 13.7. The van der Waals surface area contributed by atoms with E-state index in [0.717, 1.165) is 5.56 Å². The van der Waals surface area contributed by atoms with Crippen LogP contribution >= 0.6 is 0 Å². The Morgan fingerprint density at radius 2 is 1.70 bits per heavy atom. The van der Waals surface area contributed by atoms with Gasteiger partial charge in [0.2, 0.25) is 15.7 Å². The van der Waals surface area contributed by atoms with Crippen LogP contribution in [0.1, 0.15) is 30.9 Å². The molecule has 158 valence electrons. The number of hydrogen-bond donors (Lipinski definition) is 1. The zero-order valence-corrected chi connectivity index (χ0v) is 18.3. The smallest absolute Gasteiger partial charge is 0.336 e. The van der Waals surface area contributed by atoms with Crippen molar-refractivity contribution in [3.8, 4) is 5.88 Å². The third kappa shape index (κ3) is 3.70. The molecule has 7 nitrogen and oxygen atoms in total. The molecule has 3 rings (SSSR count). The number of allylic oxidation sites excluding steroid dienone is 3. The highest BCUT2D eigenvalue weighted by Gasteiger charge is 2.41. The number of sulfone groups is 1. The Morgan fingerprint density at radius 3 is 2.30 bits per heavy atom. The summed E-state index contributed by atoms with van der Waals surface area (Å²) in [5, 5.41) is 3.04. The Bertz CT molecular complexity index is 1150. The fourth-order valence-corrected chi connectivity index (χ4v) is 5.40. The third-order valence-electron chi connectivity index (χ3n) is 5.03. The highest BCUT2D eigenvalue weighted by Crippen LogP contribution is 2.45. The summed E-state index contributed by atoms with van der Waals surface area (Å²) >= 11 is 0. The van der Waals surface area contributed by atoms with E-state index < -0.39 is 21.7 Å². The number of dihydropyridines is 1. The van der Waals surface area contributed by atoms with E-state index in [2.05, 4.69) is 10.3 Å². The number of methoxy groups -OCH3 is 2. The Balaban J connectivity index is 2.32. The molecule has 0 amide bonds. The minimum absolute atomic E-state index is 0.0589. The minimum Gasteiger partial charge on any atom is -0.481 e. The van der Waals surface area contributed by atoms with Crippen LogP contribution in [0.3, 0.4) is 0 Å². The normalized spacial score (nSPS) is 16.9. The van der Waals surface area contributed by atoms with Gasteiger partial charge >= 0.3 is 5.97 Å². The molecule has 1 atom stereocenters. The van der Waals surface area contributed by atoms with Crippen LogP contribution in [0.5, 0.6) is 5.88 Å². The van der Waals surface area contributed by atoms with Gasteiger partial charge in [-0.2, -0.15) is 0 Å². The number of carbonyl (C=O) groups is 1. The molecule has 0 saturated carbocycles. The number of benzene rings is 1. The van der Waals surface area contributed by atoms with Gasteiger partial charge in [0.1, 0.15) is 0 Å². The second-order valence-electron chi connectivity index (χ2n) is 7.00. The first kappa shape index (κ1) is 21.6. The Kier molecular flexibility index (Phi) is 5.98. The van der Waals surface area contributed by atoms with Gasteiger partial charge < -0.3 is 14.8 Å². The van der Waals surface area contributed by atoms with Crippen LogP contribution < -0.4 is 10.1 Å². The number of aryl methyl sites for hydroxylation is 1. The first-order valence-electron chi connectivity index (χ1n) is 9.29. The van der Waals surface area contributed by atoms with E-state index in [1.807, 2.05) is 6.92 Å². The maximum atomic E-state index is 13.7. The molecule has 30 heavy (non-hydrogen) atoms. The quantitative estimate of drug-likeness (QED) is 0.731. The van der Waals surface area contributed by atoms with E-state index in [9.17, 15) is 13.2 Å². The summed E-state index contributed by atoms with van der Waals surface area (Å²) < 4.78 is 37.8. The van der Waals surface area contributed by atoms with Crippen molar-refractivity contribution >= 4 is 15.8 Å². The van der Waals surface area contributed by atoms with Gasteiger partial charge in [-0.3, -0.25) is 0 Å². The molecular formula is C22H24N2O5S. The summed E-state index contributed by atoms with van der Waals surface area (Å²) in [4.78, 5) is 17.1. The molecule has 8 heteroatoms. The predicted octanol–water partition coefficient (Wildman–Crippen LogP) is 3.24. The van der Waals surface area contributed by atoms with Gasteiger partial charge in [-0.15, -0.1) is 0 Å². The number of ether oxygens (including phenoxy) is 2. The molecule has 1 aliphatic heterocycles. The molecule has 1 aliphatic rings. The van der Waals surface area contributed by atoms with E-state index in [1.54, 1.807) is 56.4 Å². The van der Waals surface area contributed by atoms with Crippen LogP contribution in [-0.2, 0) is 19.4 Å². The van der Waals surface area contributed by atoms with Crippen LogP contribution in [0.15, 0.2) is 69.4 Å². The fraction of sp³-hybridized carbons (Fsp3) is 0.273. The van der Waals surface area contributed by atoms with Crippen molar-refractivity contribution in [3.63, 3.8) is 0 Å². The number of nitrogens with one attached hydrogen (secondary N) is 1. The second-order valence-corrected chi connectivity index (χ2v) is 8.91. The lowest BCUT2D eigenvalue weighted by atomic mass is 9.87. The van der Waals surface area contributed by atoms with E-state index in [0.29, 0.717) is 17.0 Å². The first-order valence-corrected chi connectivity index (χ1v) is 10.8. The molecule has 0 saturated heterocycles. The lowest BCUT2D eigenvalue weighted by Gasteiger charge is -2.31.